The van der Waals surface area contributed by atoms with Crippen LogP contribution in [0, 0.1) is 5.82 Å². The van der Waals surface area contributed by atoms with Crippen molar-refractivity contribution in [2.24, 2.45) is 5.73 Å². The second-order valence-corrected chi connectivity index (χ2v) is 3.46. The highest BCUT2D eigenvalue weighted by Crippen LogP contribution is 2.11. The molecule has 0 heterocycles. The Bertz CT molecular complexity index is 405. The lowest BCUT2D eigenvalue weighted by atomic mass is 10.3. The fraction of sp³-hybridized carbons (Fsp3) is 0.333. The molecule has 98 valence electrons. The van der Waals surface area contributed by atoms with Crippen molar-refractivity contribution in [2.75, 3.05) is 13.2 Å². The van der Waals surface area contributed by atoms with Crippen LogP contribution < -0.4 is 10.5 Å². The Morgan fingerprint density at radius 2 is 1.83 bits per heavy atom. The molecule has 0 amide bonds. The predicted octanol–water partition coefficient (Wildman–Crippen LogP) is 1.01. The van der Waals surface area contributed by atoms with Crippen molar-refractivity contribution in [2.45, 2.75) is 12.8 Å². The highest BCUT2D eigenvalue weighted by Gasteiger charge is 2.08. The average molecular weight is 255 g/mol. The van der Waals surface area contributed by atoms with Crippen molar-refractivity contribution in [3.05, 3.63) is 30.1 Å². The number of carbonyl (C=O) groups excluding carboxylic acids is 2. The van der Waals surface area contributed by atoms with Crippen molar-refractivity contribution in [3.8, 4) is 5.75 Å². The summed E-state index contributed by atoms with van der Waals surface area (Å²) in [5.41, 5.74) is 4.98. The molecule has 0 saturated heterocycles. The first-order chi connectivity index (χ1) is 8.61. The van der Waals surface area contributed by atoms with Gasteiger partial charge in [0, 0.05) is 6.42 Å². The van der Waals surface area contributed by atoms with Gasteiger partial charge in [0.15, 0.2) is 0 Å². The van der Waals surface area contributed by atoms with Crippen molar-refractivity contribution >= 4 is 11.9 Å². The second-order valence-electron chi connectivity index (χ2n) is 3.46. The summed E-state index contributed by atoms with van der Waals surface area (Å²) >= 11 is 0. The van der Waals surface area contributed by atoms with E-state index >= 15 is 0 Å². The Balaban J connectivity index is 2.17. The molecule has 0 atom stereocenters. The van der Waals surface area contributed by atoms with E-state index in [1.807, 2.05) is 0 Å². The third kappa shape index (κ3) is 5.40. The van der Waals surface area contributed by atoms with Crippen molar-refractivity contribution in [1.82, 2.24) is 0 Å². The van der Waals surface area contributed by atoms with Crippen LogP contribution in [-0.2, 0) is 14.3 Å². The van der Waals surface area contributed by atoms with Crippen LogP contribution in [0.3, 0.4) is 0 Å². The molecule has 0 spiro atoms. The summed E-state index contributed by atoms with van der Waals surface area (Å²) in [6.45, 7) is -0.0463. The summed E-state index contributed by atoms with van der Waals surface area (Å²) in [6.07, 6.45) is 0.459. The van der Waals surface area contributed by atoms with Crippen LogP contribution in [0.25, 0.3) is 0 Å². The van der Waals surface area contributed by atoms with Gasteiger partial charge in [0.2, 0.25) is 0 Å². The standard InChI is InChI=1S/C12H14FNO4/c13-9-3-5-10(6-4-9)17-7-1-2-11(15)18-12(16)8-14/h3-6H,1-2,7-8,14H2. The Morgan fingerprint density at radius 1 is 1.17 bits per heavy atom. The number of benzene rings is 1. The number of carbonyl (C=O) groups is 2. The lowest BCUT2D eigenvalue weighted by Crippen LogP contribution is -2.20. The number of halogens is 1. The molecule has 0 aliphatic carbocycles. The zero-order valence-electron chi connectivity index (χ0n) is 9.73. The number of rotatable bonds is 6. The molecule has 5 nitrogen and oxygen atoms in total. The van der Waals surface area contributed by atoms with Crippen molar-refractivity contribution < 1.29 is 23.5 Å². The molecule has 0 radical (unpaired) electrons. The number of hydrogen-bond acceptors (Lipinski definition) is 5. The van der Waals surface area contributed by atoms with Gasteiger partial charge >= 0.3 is 11.9 Å². The fourth-order valence-corrected chi connectivity index (χ4v) is 1.16. The Morgan fingerprint density at radius 3 is 2.44 bits per heavy atom. The van der Waals surface area contributed by atoms with Gasteiger partial charge in [-0.25, -0.2) is 4.39 Å². The number of ether oxygens (including phenoxy) is 2. The molecule has 6 heteroatoms. The quantitative estimate of drug-likeness (QED) is 0.466. The van der Waals surface area contributed by atoms with Gasteiger partial charge in [-0.2, -0.15) is 0 Å². The van der Waals surface area contributed by atoms with E-state index < -0.39 is 11.9 Å². The third-order valence-corrected chi connectivity index (χ3v) is 2.00. The molecular weight excluding hydrogens is 241 g/mol. The van der Waals surface area contributed by atoms with E-state index in [0.29, 0.717) is 12.2 Å². The van der Waals surface area contributed by atoms with E-state index in [1.54, 1.807) is 0 Å². The van der Waals surface area contributed by atoms with Gasteiger partial charge in [-0.1, -0.05) is 0 Å². The highest BCUT2D eigenvalue weighted by atomic mass is 19.1. The summed E-state index contributed by atoms with van der Waals surface area (Å²) in [4.78, 5) is 21.7. The van der Waals surface area contributed by atoms with Gasteiger partial charge in [-0.05, 0) is 30.7 Å². The van der Waals surface area contributed by atoms with E-state index in [9.17, 15) is 14.0 Å². The SMILES string of the molecule is NCC(=O)OC(=O)CCCOc1ccc(F)cc1. The van der Waals surface area contributed by atoms with E-state index in [4.69, 9.17) is 10.5 Å². The highest BCUT2D eigenvalue weighted by molar-refractivity contribution is 5.86. The van der Waals surface area contributed by atoms with Gasteiger partial charge in [0.05, 0.1) is 13.2 Å². The molecule has 0 bridgehead atoms. The first kappa shape index (κ1) is 14.1. The molecule has 0 aliphatic heterocycles. The Labute approximate surface area is 104 Å². The summed E-state index contributed by atoms with van der Waals surface area (Å²) in [7, 11) is 0. The lowest BCUT2D eigenvalue weighted by Gasteiger charge is -2.05. The fourth-order valence-electron chi connectivity index (χ4n) is 1.16. The number of hydrogen-bond donors (Lipinski definition) is 1. The monoisotopic (exact) mass is 255 g/mol. The summed E-state index contributed by atoms with van der Waals surface area (Å²) in [6, 6.07) is 5.55. The largest absolute Gasteiger partial charge is 0.494 e. The average Bonchev–Trinajstić information content (AvgIpc) is 2.36. The zero-order chi connectivity index (χ0) is 13.4. The van der Waals surface area contributed by atoms with Crippen LogP contribution in [-0.4, -0.2) is 25.1 Å². The molecular formula is C12H14FNO4. The van der Waals surface area contributed by atoms with E-state index in [1.165, 1.54) is 24.3 Å². The molecule has 18 heavy (non-hydrogen) atoms. The van der Waals surface area contributed by atoms with Crippen LogP contribution in [0.4, 0.5) is 4.39 Å². The smallest absolute Gasteiger partial charge is 0.327 e. The van der Waals surface area contributed by atoms with Crippen LogP contribution >= 0.6 is 0 Å². The molecule has 0 fully saturated rings. The molecule has 0 aromatic heterocycles. The molecule has 0 saturated carbocycles. The maximum absolute atomic E-state index is 12.6. The predicted molar refractivity (Wildman–Crippen MR) is 61.3 cm³/mol. The summed E-state index contributed by atoms with van der Waals surface area (Å²) in [5.74, 6) is -1.21. The molecule has 0 aliphatic rings. The lowest BCUT2D eigenvalue weighted by molar-refractivity contribution is -0.158. The maximum Gasteiger partial charge on any atom is 0.327 e. The minimum atomic E-state index is -0.751. The van der Waals surface area contributed by atoms with Gasteiger partial charge in [0.25, 0.3) is 0 Å². The number of nitrogens with two attached hydrogens (primary N) is 1. The first-order valence-corrected chi connectivity index (χ1v) is 5.44. The first-order valence-electron chi connectivity index (χ1n) is 5.44. The summed E-state index contributed by atoms with van der Waals surface area (Å²) in [5, 5.41) is 0. The molecule has 1 aromatic carbocycles. The van der Waals surface area contributed by atoms with Gasteiger partial charge < -0.3 is 15.2 Å². The second kappa shape index (κ2) is 7.39. The molecule has 1 aromatic rings. The van der Waals surface area contributed by atoms with E-state index in [2.05, 4.69) is 4.74 Å². The van der Waals surface area contributed by atoms with Crippen molar-refractivity contribution in [1.29, 1.82) is 0 Å². The van der Waals surface area contributed by atoms with Crippen LogP contribution in [0.5, 0.6) is 5.75 Å². The molecule has 2 N–H and O–H groups in total. The minimum Gasteiger partial charge on any atom is -0.494 e. The zero-order valence-corrected chi connectivity index (χ0v) is 9.73. The molecule has 1 rings (SSSR count). The Hall–Kier alpha value is -1.95. The van der Waals surface area contributed by atoms with Crippen LogP contribution in [0.1, 0.15) is 12.8 Å². The van der Waals surface area contributed by atoms with E-state index in [0.717, 1.165) is 0 Å². The number of esters is 2. The Kier molecular flexibility index (Phi) is 5.79. The minimum absolute atomic E-state index is 0.0624. The van der Waals surface area contributed by atoms with Gasteiger partial charge in [-0.3, -0.25) is 9.59 Å². The van der Waals surface area contributed by atoms with Gasteiger partial charge in [0.1, 0.15) is 11.6 Å². The maximum atomic E-state index is 12.6. The normalized spacial score (nSPS) is 9.89. The van der Waals surface area contributed by atoms with Crippen LogP contribution in [0.15, 0.2) is 24.3 Å². The van der Waals surface area contributed by atoms with E-state index in [-0.39, 0.29) is 25.4 Å². The van der Waals surface area contributed by atoms with Crippen molar-refractivity contribution in [3.63, 3.8) is 0 Å². The molecule has 0 unspecified atom stereocenters. The van der Waals surface area contributed by atoms with Gasteiger partial charge in [-0.15, -0.1) is 0 Å². The topological polar surface area (TPSA) is 78.6 Å². The third-order valence-electron chi connectivity index (χ3n) is 2.00. The van der Waals surface area contributed by atoms with Crippen LogP contribution in [0.2, 0.25) is 0 Å². The summed E-state index contributed by atoms with van der Waals surface area (Å²) < 4.78 is 22.2.